The molecule has 2 N–H and O–H groups in total. The van der Waals surface area contributed by atoms with Crippen molar-refractivity contribution in [1.29, 1.82) is 0 Å². The Morgan fingerprint density at radius 3 is 3.20 bits per heavy atom. The van der Waals surface area contributed by atoms with Gasteiger partial charge < -0.3 is 20.3 Å². The largest absolute Gasteiger partial charge is 0.378 e. The molecule has 1 amide bonds. The molecule has 2 saturated heterocycles. The van der Waals surface area contributed by atoms with E-state index in [1.807, 2.05) is 11.0 Å². The van der Waals surface area contributed by atoms with Gasteiger partial charge in [0.2, 0.25) is 0 Å². The number of hydrogen-bond donors (Lipinski definition) is 2. The first kappa shape index (κ1) is 16.2. The second-order valence-corrected chi connectivity index (χ2v) is 6.39. The van der Waals surface area contributed by atoms with Gasteiger partial charge in [0.15, 0.2) is 11.3 Å². The van der Waals surface area contributed by atoms with E-state index in [1.54, 1.807) is 6.07 Å². The number of nitrogens with one attached hydrogen (secondary N) is 2. The van der Waals surface area contributed by atoms with Crippen molar-refractivity contribution in [3.8, 4) is 0 Å². The molecule has 2 aliphatic rings. The van der Waals surface area contributed by atoms with Gasteiger partial charge in [0.1, 0.15) is 12.0 Å². The highest BCUT2D eigenvalue weighted by molar-refractivity contribution is 5.93. The Labute approximate surface area is 144 Å². The van der Waals surface area contributed by atoms with Crippen molar-refractivity contribution in [2.24, 2.45) is 0 Å². The van der Waals surface area contributed by atoms with Crippen LogP contribution in [0.15, 0.2) is 18.3 Å². The summed E-state index contributed by atoms with van der Waals surface area (Å²) in [6, 6.07) is 3.50. The summed E-state index contributed by atoms with van der Waals surface area (Å²) in [5, 5.41) is 10.7. The lowest BCUT2D eigenvalue weighted by Crippen LogP contribution is -2.43. The summed E-state index contributed by atoms with van der Waals surface area (Å²) in [4.78, 5) is 18.7. The number of halogens is 1. The molecule has 0 aliphatic carbocycles. The van der Waals surface area contributed by atoms with E-state index in [0.29, 0.717) is 56.4 Å². The maximum absolute atomic E-state index is 13.4. The fourth-order valence-corrected chi connectivity index (χ4v) is 3.17. The lowest BCUT2D eigenvalue weighted by Gasteiger charge is -2.17. The van der Waals surface area contributed by atoms with Crippen molar-refractivity contribution in [2.75, 3.05) is 44.3 Å². The third-order valence-corrected chi connectivity index (χ3v) is 4.50. The number of carbonyl (C=O) groups excluding carboxylic acids is 1. The van der Waals surface area contributed by atoms with Gasteiger partial charge in [0.25, 0.3) is 5.91 Å². The molecular formula is C16H21FN6O2. The van der Waals surface area contributed by atoms with E-state index in [-0.39, 0.29) is 11.9 Å². The number of fused-ring (bicyclic) bond motifs is 1. The number of hydrogen-bond acceptors (Lipinski definition) is 6. The second kappa shape index (κ2) is 6.93. The Morgan fingerprint density at radius 2 is 2.36 bits per heavy atom. The Bertz CT molecular complexity index is 758. The minimum Gasteiger partial charge on any atom is -0.378 e. The molecule has 0 radical (unpaired) electrons. The number of ether oxygens (including phenoxy) is 1. The quantitative estimate of drug-likeness (QED) is 0.812. The van der Waals surface area contributed by atoms with E-state index in [9.17, 15) is 9.18 Å². The van der Waals surface area contributed by atoms with Crippen LogP contribution in [0.3, 0.4) is 0 Å². The first-order valence-electron chi connectivity index (χ1n) is 8.54. The predicted molar refractivity (Wildman–Crippen MR) is 89.7 cm³/mol. The smallest absolute Gasteiger partial charge is 0.271 e. The Hall–Kier alpha value is -2.26. The molecule has 0 bridgehead atoms. The van der Waals surface area contributed by atoms with Gasteiger partial charge in [0.05, 0.1) is 32.0 Å². The average Bonchev–Trinajstić information content (AvgIpc) is 3.14. The molecule has 2 atom stereocenters. The monoisotopic (exact) mass is 348 g/mol. The molecular weight excluding hydrogens is 327 g/mol. The molecule has 0 aromatic carbocycles. The van der Waals surface area contributed by atoms with Crippen LogP contribution in [0.1, 0.15) is 16.9 Å². The minimum atomic E-state index is -0.828. The first-order valence-corrected chi connectivity index (χ1v) is 8.54. The van der Waals surface area contributed by atoms with Crippen molar-refractivity contribution in [3.05, 3.63) is 24.0 Å². The highest BCUT2D eigenvalue weighted by Crippen LogP contribution is 2.20. The zero-order chi connectivity index (χ0) is 17.2. The molecule has 4 rings (SSSR count). The van der Waals surface area contributed by atoms with Gasteiger partial charge in [-0.1, -0.05) is 0 Å². The van der Waals surface area contributed by atoms with E-state index in [1.165, 1.54) is 10.7 Å². The molecule has 2 unspecified atom stereocenters. The van der Waals surface area contributed by atoms with Crippen LogP contribution in [0, 0.1) is 0 Å². The highest BCUT2D eigenvalue weighted by Gasteiger charge is 2.24. The molecule has 134 valence electrons. The van der Waals surface area contributed by atoms with Crippen LogP contribution >= 0.6 is 0 Å². The molecule has 2 fully saturated rings. The van der Waals surface area contributed by atoms with Gasteiger partial charge in [-0.2, -0.15) is 0 Å². The molecule has 0 saturated carbocycles. The summed E-state index contributed by atoms with van der Waals surface area (Å²) >= 11 is 0. The van der Waals surface area contributed by atoms with Crippen LogP contribution in [0.25, 0.3) is 5.65 Å². The Morgan fingerprint density at radius 1 is 1.44 bits per heavy atom. The number of anilines is 1. The molecule has 25 heavy (non-hydrogen) atoms. The molecule has 0 spiro atoms. The van der Waals surface area contributed by atoms with Gasteiger partial charge in [0, 0.05) is 19.6 Å². The van der Waals surface area contributed by atoms with Crippen LogP contribution in [-0.2, 0) is 4.74 Å². The van der Waals surface area contributed by atoms with E-state index < -0.39 is 6.17 Å². The lowest BCUT2D eigenvalue weighted by atomic mass is 10.3. The third-order valence-electron chi connectivity index (χ3n) is 4.50. The number of amides is 1. The van der Waals surface area contributed by atoms with E-state index in [0.717, 1.165) is 6.54 Å². The summed E-state index contributed by atoms with van der Waals surface area (Å²) < 4.78 is 20.4. The van der Waals surface area contributed by atoms with Crippen LogP contribution in [0.4, 0.5) is 10.2 Å². The van der Waals surface area contributed by atoms with E-state index >= 15 is 0 Å². The van der Waals surface area contributed by atoms with Crippen molar-refractivity contribution in [1.82, 2.24) is 25.2 Å². The zero-order valence-electron chi connectivity index (χ0n) is 13.8. The molecule has 2 aliphatic heterocycles. The van der Waals surface area contributed by atoms with E-state index in [4.69, 9.17) is 4.74 Å². The summed E-state index contributed by atoms with van der Waals surface area (Å²) in [6.07, 6.45) is 1.19. The fourth-order valence-electron chi connectivity index (χ4n) is 3.17. The van der Waals surface area contributed by atoms with Gasteiger partial charge >= 0.3 is 0 Å². The lowest BCUT2D eigenvalue weighted by molar-refractivity contribution is 0.0877. The average molecular weight is 348 g/mol. The SMILES string of the molecule is O=C(NC1CNCCOC1)c1cnc2ccc(N3CCC(F)C3)nn12. The van der Waals surface area contributed by atoms with Crippen LogP contribution in [-0.4, -0.2) is 72.1 Å². The number of carbonyl (C=O) groups is 1. The van der Waals surface area contributed by atoms with Gasteiger partial charge in [-0.25, -0.2) is 13.9 Å². The summed E-state index contributed by atoms with van der Waals surface area (Å²) in [6.45, 7) is 3.50. The Kier molecular flexibility index (Phi) is 4.50. The first-order chi connectivity index (χ1) is 12.2. The van der Waals surface area contributed by atoms with E-state index in [2.05, 4.69) is 20.7 Å². The topological polar surface area (TPSA) is 83.8 Å². The van der Waals surface area contributed by atoms with Crippen molar-refractivity contribution >= 4 is 17.4 Å². The summed E-state index contributed by atoms with van der Waals surface area (Å²) in [7, 11) is 0. The van der Waals surface area contributed by atoms with Crippen LogP contribution < -0.4 is 15.5 Å². The standard InChI is InChI=1S/C16H21FN6O2/c17-11-3-5-22(9-11)15-2-1-14-19-8-13(23(14)21-15)16(24)20-12-7-18-4-6-25-10-12/h1-2,8,11-12,18H,3-7,9-10H2,(H,20,24). The number of alkyl halides is 1. The minimum absolute atomic E-state index is 0.102. The van der Waals surface area contributed by atoms with Gasteiger partial charge in [-0.15, -0.1) is 5.10 Å². The second-order valence-electron chi connectivity index (χ2n) is 6.39. The molecule has 8 nitrogen and oxygen atoms in total. The maximum atomic E-state index is 13.4. The third kappa shape index (κ3) is 3.42. The highest BCUT2D eigenvalue weighted by atomic mass is 19.1. The molecule has 9 heteroatoms. The molecule has 4 heterocycles. The fraction of sp³-hybridized carbons (Fsp3) is 0.562. The number of nitrogens with zero attached hydrogens (tertiary/aromatic N) is 4. The van der Waals surface area contributed by atoms with Crippen LogP contribution in [0.5, 0.6) is 0 Å². The maximum Gasteiger partial charge on any atom is 0.271 e. The van der Waals surface area contributed by atoms with Crippen molar-refractivity contribution in [2.45, 2.75) is 18.6 Å². The van der Waals surface area contributed by atoms with Gasteiger partial charge in [-0.3, -0.25) is 4.79 Å². The van der Waals surface area contributed by atoms with Crippen LogP contribution in [0.2, 0.25) is 0 Å². The normalized spacial score (nSPS) is 24.4. The Balaban J connectivity index is 1.55. The van der Waals surface area contributed by atoms with Gasteiger partial charge in [-0.05, 0) is 18.6 Å². The van der Waals surface area contributed by atoms with Crippen molar-refractivity contribution < 1.29 is 13.9 Å². The summed E-state index contributed by atoms with van der Waals surface area (Å²) in [5.41, 5.74) is 0.942. The number of rotatable bonds is 3. The van der Waals surface area contributed by atoms with Crippen molar-refractivity contribution in [3.63, 3.8) is 0 Å². The zero-order valence-corrected chi connectivity index (χ0v) is 13.8. The molecule has 2 aromatic rings. The predicted octanol–water partition coefficient (Wildman–Crippen LogP) is -0.00430. The number of aromatic nitrogens is 3. The number of imidazole rings is 1. The molecule has 2 aromatic heterocycles. The summed E-state index contributed by atoms with van der Waals surface area (Å²) in [5.74, 6) is 0.401.